The number of aliphatic hydroxyl groups is 1. The van der Waals surface area contributed by atoms with Crippen molar-refractivity contribution in [3.8, 4) is 12.3 Å². The molecule has 2 N–H and O–H groups in total. The number of esters is 1. The van der Waals surface area contributed by atoms with E-state index >= 15 is 0 Å². The zero-order valence-corrected chi connectivity index (χ0v) is 28.0. The molecule has 0 spiro atoms. The Morgan fingerprint density at radius 1 is 1.02 bits per heavy atom. The Hall–Kier alpha value is -2.90. The van der Waals surface area contributed by atoms with E-state index in [2.05, 4.69) is 40.0 Å². The molecule has 1 aromatic rings. The lowest BCUT2D eigenvalue weighted by atomic mass is 9.93. The fourth-order valence-electron chi connectivity index (χ4n) is 6.29. The summed E-state index contributed by atoms with van der Waals surface area (Å²) in [7, 11) is 0. The Bertz CT molecular complexity index is 1170. The number of aryl methyl sites for hydroxylation is 1. The molecule has 46 heavy (non-hydrogen) atoms. The number of hydrogen-bond acceptors (Lipinski definition) is 8. The molecule has 0 aliphatic carbocycles. The number of rotatable bonds is 21. The number of hydrogen-bond donors (Lipinski definition) is 2. The molecule has 1 amide bonds. The standard InChI is InChI=1S/C36H55FN4O5/c1-4-7-9-11-13-15-17-19-31(43)40-34-33-29(39-35(37)41-34)22-21-27(25-38-33)23-28-24-30(36(6-3,26-42)46-28)45-32(44)20-18-16-14-12-10-8-5-2/h3,25,27-28,30,42H,4-5,7-24,26H2,1-2H3,(H,39,40,41,43)/t27?,28-,30-,36+/m0/s1. The van der Waals surface area contributed by atoms with Gasteiger partial charge in [0.2, 0.25) is 5.91 Å². The highest BCUT2D eigenvalue weighted by molar-refractivity contribution is 5.93. The van der Waals surface area contributed by atoms with Gasteiger partial charge in [0, 0.05) is 25.5 Å². The topological polar surface area (TPSA) is 123 Å². The molecule has 1 unspecified atom stereocenters. The number of halogens is 1. The molecule has 0 saturated carbocycles. The van der Waals surface area contributed by atoms with Gasteiger partial charge >= 0.3 is 12.0 Å². The Balaban J connectivity index is 1.53. The summed E-state index contributed by atoms with van der Waals surface area (Å²) in [6, 6.07) is 0. The van der Waals surface area contributed by atoms with Gasteiger partial charge in [-0.2, -0.15) is 9.37 Å². The molecule has 9 nitrogen and oxygen atoms in total. The van der Waals surface area contributed by atoms with Gasteiger partial charge in [0.1, 0.15) is 11.8 Å². The van der Waals surface area contributed by atoms with Crippen LogP contribution in [0.5, 0.6) is 0 Å². The lowest BCUT2D eigenvalue weighted by Gasteiger charge is -2.27. The first-order chi connectivity index (χ1) is 22.3. The van der Waals surface area contributed by atoms with Gasteiger partial charge < -0.3 is 19.9 Å². The largest absolute Gasteiger partial charge is 0.458 e. The molecule has 1 saturated heterocycles. The predicted molar refractivity (Wildman–Crippen MR) is 178 cm³/mol. The van der Waals surface area contributed by atoms with Crippen LogP contribution in [0.15, 0.2) is 4.99 Å². The van der Waals surface area contributed by atoms with E-state index in [0.717, 1.165) is 38.5 Å². The molecule has 0 aromatic carbocycles. The lowest BCUT2D eigenvalue weighted by Crippen LogP contribution is -2.44. The summed E-state index contributed by atoms with van der Waals surface area (Å²) in [6.45, 7) is 3.91. The van der Waals surface area contributed by atoms with Crippen LogP contribution in [0.4, 0.5) is 15.9 Å². The van der Waals surface area contributed by atoms with Crippen molar-refractivity contribution in [1.29, 1.82) is 0 Å². The number of nitrogens with zero attached hydrogens (tertiary/aromatic N) is 3. The van der Waals surface area contributed by atoms with Gasteiger partial charge in [-0.1, -0.05) is 96.8 Å². The van der Waals surface area contributed by atoms with Crippen LogP contribution in [0, 0.1) is 24.3 Å². The molecule has 256 valence electrons. The first-order valence-electron chi connectivity index (χ1n) is 17.7. The molecular weight excluding hydrogens is 587 g/mol. The summed E-state index contributed by atoms with van der Waals surface area (Å²) in [5.74, 6) is 2.02. The average Bonchev–Trinajstić information content (AvgIpc) is 3.25. The molecule has 2 aliphatic rings. The van der Waals surface area contributed by atoms with Crippen LogP contribution in [0.1, 0.15) is 142 Å². The quantitative estimate of drug-likeness (QED) is 0.0614. The van der Waals surface area contributed by atoms with E-state index in [4.69, 9.17) is 15.9 Å². The number of fused-ring (bicyclic) bond motifs is 1. The average molecular weight is 643 g/mol. The van der Waals surface area contributed by atoms with Crippen molar-refractivity contribution >= 4 is 29.6 Å². The van der Waals surface area contributed by atoms with Crippen LogP contribution in [-0.4, -0.2) is 57.6 Å². The maximum absolute atomic E-state index is 14.4. The van der Waals surface area contributed by atoms with Gasteiger partial charge in [-0.3, -0.25) is 14.6 Å². The second kappa shape index (κ2) is 20.4. The monoisotopic (exact) mass is 642 g/mol. The molecule has 3 heterocycles. The minimum atomic E-state index is -1.40. The lowest BCUT2D eigenvalue weighted by molar-refractivity contribution is -0.158. The van der Waals surface area contributed by atoms with Gasteiger partial charge in [0.25, 0.3) is 0 Å². The molecule has 10 heteroatoms. The summed E-state index contributed by atoms with van der Waals surface area (Å²) < 4.78 is 26.3. The number of unbranched alkanes of at least 4 members (excludes halogenated alkanes) is 12. The summed E-state index contributed by atoms with van der Waals surface area (Å²) >= 11 is 0. The highest BCUT2D eigenvalue weighted by Crippen LogP contribution is 2.38. The van der Waals surface area contributed by atoms with E-state index in [1.165, 1.54) is 51.4 Å². The highest BCUT2D eigenvalue weighted by Gasteiger charge is 2.50. The Labute approximate surface area is 274 Å². The fraction of sp³-hybridized carbons (Fsp3) is 0.750. The number of aromatic nitrogens is 2. The SMILES string of the molecule is C#C[C@]1(CO)O[C@@H](CC2C=Nc3c(nc(F)nc3NC(=O)CCCCCCCCC)CC2)C[C@@H]1OC(=O)CCCCCCCCC. The predicted octanol–water partition coefficient (Wildman–Crippen LogP) is 7.56. The van der Waals surface area contributed by atoms with Crippen molar-refractivity contribution in [2.75, 3.05) is 11.9 Å². The van der Waals surface area contributed by atoms with E-state index in [1.54, 1.807) is 6.21 Å². The van der Waals surface area contributed by atoms with Gasteiger partial charge in [0.05, 0.1) is 18.4 Å². The second-order valence-corrected chi connectivity index (χ2v) is 12.9. The minimum Gasteiger partial charge on any atom is -0.458 e. The van der Waals surface area contributed by atoms with Crippen molar-refractivity contribution in [2.45, 2.75) is 160 Å². The molecule has 0 bridgehead atoms. The van der Waals surface area contributed by atoms with Crippen LogP contribution in [0.25, 0.3) is 0 Å². The molecule has 1 fully saturated rings. The van der Waals surface area contributed by atoms with Crippen molar-refractivity contribution in [3.05, 3.63) is 11.8 Å². The number of ether oxygens (including phenoxy) is 2. The van der Waals surface area contributed by atoms with Gasteiger partial charge in [-0.25, -0.2) is 4.98 Å². The number of nitrogens with one attached hydrogen (secondary N) is 1. The number of aliphatic hydroxyl groups excluding tert-OH is 1. The Morgan fingerprint density at radius 3 is 2.28 bits per heavy atom. The van der Waals surface area contributed by atoms with Crippen LogP contribution in [0.3, 0.4) is 0 Å². The molecule has 2 aliphatic heterocycles. The van der Waals surface area contributed by atoms with Crippen LogP contribution in [-0.2, 0) is 25.5 Å². The van der Waals surface area contributed by atoms with Gasteiger partial charge in [-0.15, -0.1) is 6.42 Å². The zero-order valence-electron chi connectivity index (χ0n) is 28.0. The smallest absolute Gasteiger partial charge is 0.310 e. The van der Waals surface area contributed by atoms with Crippen molar-refractivity contribution < 1.29 is 28.6 Å². The summed E-state index contributed by atoms with van der Waals surface area (Å²) in [5, 5.41) is 12.9. The Kier molecular flexibility index (Phi) is 16.6. The van der Waals surface area contributed by atoms with E-state index in [-0.39, 0.29) is 29.7 Å². The molecule has 1 aromatic heterocycles. The highest BCUT2D eigenvalue weighted by atomic mass is 19.1. The maximum Gasteiger partial charge on any atom is 0.310 e. The van der Waals surface area contributed by atoms with E-state index < -0.39 is 24.4 Å². The molecule has 4 atom stereocenters. The first kappa shape index (κ1) is 37.6. The molecular formula is C36H55FN4O5. The third-order valence-electron chi connectivity index (χ3n) is 9.04. The third-order valence-corrected chi connectivity index (χ3v) is 9.04. The fourth-order valence-corrected chi connectivity index (χ4v) is 6.29. The molecule has 0 radical (unpaired) electrons. The van der Waals surface area contributed by atoms with Gasteiger partial charge in [-0.05, 0) is 38.0 Å². The normalized spacial score (nSPS) is 22.2. The van der Waals surface area contributed by atoms with Crippen LogP contribution >= 0.6 is 0 Å². The number of aliphatic imine (C=N–C) groups is 1. The summed E-state index contributed by atoms with van der Waals surface area (Å²) in [5.41, 5.74) is -0.586. The Morgan fingerprint density at radius 2 is 1.65 bits per heavy atom. The van der Waals surface area contributed by atoms with Crippen molar-refractivity contribution in [2.24, 2.45) is 10.9 Å². The number of carbonyl (C=O) groups is 2. The van der Waals surface area contributed by atoms with Gasteiger partial charge in [0.15, 0.2) is 11.4 Å². The summed E-state index contributed by atoms with van der Waals surface area (Å²) in [4.78, 5) is 37.7. The second-order valence-electron chi connectivity index (χ2n) is 12.9. The number of amides is 1. The van der Waals surface area contributed by atoms with E-state index in [9.17, 15) is 19.1 Å². The van der Waals surface area contributed by atoms with Crippen molar-refractivity contribution in [3.63, 3.8) is 0 Å². The minimum absolute atomic E-state index is 0.0742. The number of carbonyl (C=O) groups excluding carboxylic acids is 2. The summed E-state index contributed by atoms with van der Waals surface area (Å²) in [6.07, 6.45) is 23.5. The third kappa shape index (κ3) is 12.0. The van der Waals surface area contributed by atoms with E-state index in [0.29, 0.717) is 49.9 Å². The van der Waals surface area contributed by atoms with E-state index in [1.807, 2.05) is 0 Å². The van der Waals surface area contributed by atoms with Crippen LogP contribution in [0.2, 0.25) is 0 Å². The number of anilines is 1. The van der Waals surface area contributed by atoms with Crippen molar-refractivity contribution in [1.82, 2.24) is 9.97 Å². The number of terminal acetylenes is 1. The first-order valence-corrected chi connectivity index (χ1v) is 17.7. The zero-order chi connectivity index (χ0) is 33.2. The maximum atomic E-state index is 14.4. The molecule has 3 rings (SSSR count). The van der Waals surface area contributed by atoms with Crippen LogP contribution < -0.4 is 5.32 Å².